The maximum atomic E-state index is 12.3. The molecular weight excluding hydrogens is 395 g/mol. The number of amides is 1. The predicted octanol–water partition coefficient (Wildman–Crippen LogP) is 5.20. The molecule has 0 unspecified atom stereocenters. The molecule has 130 valence electrons. The molecule has 0 aliphatic heterocycles. The topological polar surface area (TPSA) is 62.1 Å². The highest BCUT2D eigenvalue weighted by atomic mass is 35.5. The number of terminal acetylenes is 1. The van der Waals surface area contributed by atoms with Gasteiger partial charge in [-0.3, -0.25) is 4.79 Å². The van der Waals surface area contributed by atoms with Crippen LogP contribution in [0.1, 0.15) is 5.56 Å². The summed E-state index contributed by atoms with van der Waals surface area (Å²) in [6, 6.07) is 11.4. The Hall–Kier alpha value is -2.63. The van der Waals surface area contributed by atoms with Crippen molar-refractivity contribution in [3.8, 4) is 24.2 Å². The van der Waals surface area contributed by atoms with Crippen molar-refractivity contribution in [1.29, 1.82) is 5.26 Å². The number of hydrogen-bond donors (Lipinski definition) is 1. The lowest BCUT2D eigenvalue weighted by Gasteiger charge is -2.09. The van der Waals surface area contributed by atoms with Crippen molar-refractivity contribution in [2.24, 2.45) is 0 Å². The molecule has 4 nitrogen and oxygen atoms in total. The molecule has 0 atom stereocenters. The number of benzene rings is 2. The number of rotatable bonds is 5. The van der Waals surface area contributed by atoms with Crippen LogP contribution in [-0.2, 0) is 4.79 Å². The van der Waals surface area contributed by atoms with Gasteiger partial charge in [-0.25, -0.2) is 0 Å². The van der Waals surface area contributed by atoms with Crippen LogP contribution >= 0.6 is 34.8 Å². The molecule has 0 saturated carbocycles. The van der Waals surface area contributed by atoms with E-state index in [1.54, 1.807) is 24.3 Å². The van der Waals surface area contributed by atoms with E-state index in [9.17, 15) is 10.1 Å². The largest absolute Gasteiger partial charge is 0.478 e. The first-order chi connectivity index (χ1) is 12.4. The molecule has 2 aromatic carbocycles. The van der Waals surface area contributed by atoms with Crippen molar-refractivity contribution in [3.63, 3.8) is 0 Å². The van der Waals surface area contributed by atoms with Crippen molar-refractivity contribution in [3.05, 3.63) is 62.6 Å². The van der Waals surface area contributed by atoms with Gasteiger partial charge in [0.05, 0.1) is 10.0 Å². The summed E-state index contributed by atoms with van der Waals surface area (Å²) < 4.78 is 5.26. The predicted molar refractivity (Wildman–Crippen MR) is 104 cm³/mol. The minimum atomic E-state index is -0.574. The normalized spacial score (nSPS) is 10.6. The molecule has 0 bridgehead atoms. The van der Waals surface area contributed by atoms with Gasteiger partial charge in [-0.05, 0) is 48.0 Å². The van der Waals surface area contributed by atoms with Crippen LogP contribution in [0.4, 0.5) is 5.69 Å². The SMILES string of the molecule is C#CCOc1c(Cl)cc(/C=C(/C#N)C(=O)Nc2ccc(Cl)cc2)cc1Cl. The third kappa shape index (κ3) is 5.18. The average molecular weight is 406 g/mol. The minimum Gasteiger partial charge on any atom is -0.478 e. The summed E-state index contributed by atoms with van der Waals surface area (Å²) in [6.45, 7) is 0.0154. The van der Waals surface area contributed by atoms with Crippen molar-refractivity contribution < 1.29 is 9.53 Å². The molecule has 26 heavy (non-hydrogen) atoms. The Bertz CT molecular complexity index is 916. The first-order valence-electron chi connectivity index (χ1n) is 7.18. The van der Waals surface area contributed by atoms with E-state index in [1.165, 1.54) is 18.2 Å². The van der Waals surface area contributed by atoms with Gasteiger partial charge in [0.25, 0.3) is 5.91 Å². The molecule has 2 rings (SSSR count). The molecule has 0 fully saturated rings. The van der Waals surface area contributed by atoms with E-state index < -0.39 is 5.91 Å². The number of halogens is 3. The minimum absolute atomic E-state index is 0.0154. The van der Waals surface area contributed by atoms with Gasteiger partial charge in [0.1, 0.15) is 18.2 Å². The van der Waals surface area contributed by atoms with Crippen LogP contribution in [0.3, 0.4) is 0 Å². The standard InChI is InChI=1S/C19H11Cl3N2O2/c1-2-7-26-18-16(21)9-12(10-17(18)22)8-13(11-23)19(25)24-15-5-3-14(20)4-6-15/h1,3-6,8-10H,7H2,(H,24,25)/b13-8-. The first kappa shape index (κ1) is 19.7. The maximum absolute atomic E-state index is 12.3. The summed E-state index contributed by atoms with van der Waals surface area (Å²) in [5, 5.41) is 12.9. The Kier molecular flexibility index (Phi) is 6.95. The molecule has 1 N–H and O–H groups in total. The summed E-state index contributed by atoms with van der Waals surface area (Å²) >= 11 is 18.0. The van der Waals surface area contributed by atoms with E-state index in [4.69, 9.17) is 46.0 Å². The summed E-state index contributed by atoms with van der Waals surface area (Å²) in [4.78, 5) is 12.3. The van der Waals surface area contributed by atoms with E-state index in [-0.39, 0.29) is 28.0 Å². The second kappa shape index (κ2) is 9.17. The van der Waals surface area contributed by atoms with Gasteiger partial charge in [0.2, 0.25) is 0 Å². The fourth-order valence-corrected chi connectivity index (χ4v) is 2.70. The highest BCUT2D eigenvalue weighted by molar-refractivity contribution is 6.37. The van der Waals surface area contributed by atoms with Crippen LogP contribution in [0.15, 0.2) is 42.0 Å². The first-order valence-corrected chi connectivity index (χ1v) is 8.32. The quantitative estimate of drug-likeness (QED) is 0.422. The lowest BCUT2D eigenvalue weighted by Crippen LogP contribution is -2.13. The number of carbonyl (C=O) groups excluding carboxylic acids is 1. The average Bonchev–Trinajstić information content (AvgIpc) is 2.61. The van der Waals surface area contributed by atoms with Gasteiger partial charge in [-0.15, -0.1) is 6.42 Å². The number of nitriles is 1. The number of carbonyl (C=O) groups is 1. The van der Waals surface area contributed by atoms with Crippen LogP contribution in [-0.4, -0.2) is 12.5 Å². The van der Waals surface area contributed by atoms with E-state index in [0.29, 0.717) is 16.3 Å². The summed E-state index contributed by atoms with van der Waals surface area (Å²) in [6.07, 6.45) is 6.51. The Labute approximate surface area is 165 Å². The molecule has 0 aliphatic rings. The Morgan fingerprint density at radius 1 is 1.19 bits per heavy atom. The summed E-state index contributed by atoms with van der Waals surface area (Å²) in [7, 11) is 0. The number of nitrogens with one attached hydrogen (secondary N) is 1. The monoisotopic (exact) mass is 404 g/mol. The molecule has 0 aromatic heterocycles. The van der Waals surface area contributed by atoms with Crippen molar-refractivity contribution in [1.82, 2.24) is 0 Å². The molecule has 2 aromatic rings. The van der Waals surface area contributed by atoms with Crippen molar-refractivity contribution >= 4 is 52.5 Å². The van der Waals surface area contributed by atoms with E-state index in [2.05, 4.69) is 11.2 Å². The van der Waals surface area contributed by atoms with Crippen molar-refractivity contribution in [2.45, 2.75) is 0 Å². The molecule has 7 heteroatoms. The molecule has 1 amide bonds. The molecule has 0 aliphatic carbocycles. The number of ether oxygens (including phenoxy) is 1. The highest BCUT2D eigenvalue weighted by Crippen LogP contribution is 2.34. The van der Waals surface area contributed by atoms with Crippen LogP contribution < -0.4 is 10.1 Å². The number of nitrogens with zero attached hydrogens (tertiary/aromatic N) is 1. The van der Waals surface area contributed by atoms with Crippen LogP contribution in [0, 0.1) is 23.7 Å². The fraction of sp³-hybridized carbons (Fsp3) is 0.0526. The molecule has 0 radical (unpaired) electrons. The lowest BCUT2D eigenvalue weighted by molar-refractivity contribution is -0.112. The second-order valence-electron chi connectivity index (χ2n) is 4.94. The van der Waals surface area contributed by atoms with Gasteiger partial charge in [0.15, 0.2) is 5.75 Å². The highest BCUT2D eigenvalue weighted by Gasteiger charge is 2.13. The van der Waals surface area contributed by atoms with Crippen LogP contribution in [0.25, 0.3) is 6.08 Å². The van der Waals surface area contributed by atoms with Crippen LogP contribution in [0.2, 0.25) is 15.1 Å². The van der Waals surface area contributed by atoms with E-state index in [0.717, 1.165) is 0 Å². The van der Waals surface area contributed by atoms with Gasteiger partial charge in [0, 0.05) is 10.7 Å². The van der Waals surface area contributed by atoms with E-state index in [1.807, 2.05) is 6.07 Å². The Morgan fingerprint density at radius 2 is 1.81 bits per heavy atom. The lowest BCUT2D eigenvalue weighted by atomic mass is 10.1. The van der Waals surface area contributed by atoms with Gasteiger partial charge < -0.3 is 10.1 Å². The smallest absolute Gasteiger partial charge is 0.266 e. The zero-order valence-corrected chi connectivity index (χ0v) is 15.5. The summed E-state index contributed by atoms with van der Waals surface area (Å²) in [5.74, 6) is 1.98. The third-order valence-corrected chi connectivity index (χ3v) is 3.91. The van der Waals surface area contributed by atoms with Crippen molar-refractivity contribution in [2.75, 3.05) is 11.9 Å². The molecule has 0 saturated heterocycles. The maximum Gasteiger partial charge on any atom is 0.266 e. The van der Waals surface area contributed by atoms with Gasteiger partial charge in [-0.2, -0.15) is 5.26 Å². The molecule has 0 spiro atoms. The zero-order valence-electron chi connectivity index (χ0n) is 13.2. The number of hydrogen-bond acceptors (Lipinski definition) is 3. The molecular formula is C19H11Cl3N2O2. The zero-order chi connectivity index (χ0) is 19.1. The Balaban J connectivity index is 2.25. The van der Waals surface area contributed by atoms with E-state index >= 15 is 0 Å². The fourth-order valence-electron chi connectivity index (χ4n) is 1.96. The van der Waals surface area contributed by atoms with Gasteiger partial charge in [-0.1, -0.05) is 40.7 Å². The van der Waals surface area contributed by atoms with Gasteiger partial charge >= 0.3 is 0 Å². The molecule has 0 heterocycles. The second-order valence-corrected chi connectivity index (χ2v) is 6.19. The Morgan fingerprint density at radius 3 is 2.35 bits per heavy atom. The van der Waals surface area contributed by atoms with Crippen LogP contribution in [0.5, 0.6) is 5.75 Å². The summed E-state index contributed by atoms with van der Waals surface area (Å²) in [5.41, 5.74) is 0.856. The number of anilines is 1. The third-order valence-electron chi connectivity index (χ3n) is 3.10.